The van der Waals surface area contributed by atoms with Gasteiger partial charge in [0.25, 0.3) is 11.8 Å². The molecule has 1 unspecified atom stereocenters. The Bertz CT molecular complexity index is 993. The summed E-state index contributed by atoms with van der Waals surface area (Å²) in [6.45, 7) is 1.26. The van der Waals surface area contributed by atoms with Gasteiger partial charge < -0.3 is 24.5 Å². The van der Waals surface area contributed by atoms with E-state index in [2.05, 4.69) is 10.6 Å². The smallest absolute Gasteiger partial charge is 0.291 e. The van der Waals surface area contributed by atoms with Crippen LogP contribution in [-0.4, -0.2) is 31.1 Å². The quantitative estimate of drug-likeness (QED) is 0.609. The number of ether oxygens (including phenoxy) is 2. The lowest BCUT2D eigenvalue weighted by Crippen LogP contribution is -2.17. The molecular formula is C23H22N2O5. The Morgan fingerprint density at radius 2 is 1.73 bits per heavy atom. The van der Waals surface area contributed by atoms with Crippen molar-refractivity contribution in [1.82, 2.24) is 0 Å². The first-order chi connectivity index (χ1) is 14.7. The molecule has 1 atom stereocenters. The van der Waals surface area contributed by atoms with Gasteiger partial charge >= 0.3 is 0 Å². The molecule has 2 heterocycles. The number of anilines is 2. The summed E-state index contributed by atoms with van der Waals surface area (Å²) in [5.41, 5.74) is 1.70. The molecule has 0 aliphatic carbocycles. The summed E-state index contributed by atoms with van der Waals surface area (Å²) in [6, 6.07) is 17.1. The van der Waals surface area contributed by atoms with Gasteiger partial charge in [-0.2, -0.15) is 0 Å². The molecule has 0 spiro atoms. The van der Waals surface area contributed by atoms with Crippen LogP contribution in [0.2, 0.25) is 0 Å². The highest BCUT2D eigenvalue weighted by molar-refractivity contribution is 6.05. The summed E-state index contributed by atoms with van der Waals surface area (Å²) in [7, 11) is 0. The van der Waals surface area contributed by atoms with E-state index in [1.54, 1.807) is 54.6 Å². The molecule has 1 aliphatic heterocycles. The molecule has 0 saturated carbocycles. The van der Waals surface area contributed by atoms with E-state index in [0.717, 1.165) is 19.4 Å². The van der Waals surface area contributed by atoms with Crippen LogP contribution in [0.5, 0.6) is 5.75 Å². The largest absolute Gasteiger partial charge is 0.491 e. The fraction of sp³-hybridized carbons (Fsp3) is 0.217. The second-order valence-corrected chi connectivity index (χ2v) is 6.94. The third-order valence-electron chi connectivity index (χ3n) is 4.70. The molecule has 0 bridgehead atoms. The van der Waals surface area contributed by atoms with Crippen molar-refractivity contribution < 1.29 is 23.5 Å². The summed E-state index contributed by atoms with van der Waals surface area (Å²) in [4.78, 5) is 24.6. The first-order valence-corrected chi connectivity index (χ1v) is 9.78. The lowest BCUT2D eigenvalue weighted by Gasteiger charge is -2.12. The third-order valence-corrected chi connectivity index (χ3v) is 4.70. The van der Waals surface area contributed by atoms with Crippen molar-refractivity contribution in [2.24, 2.45) is 0 Å². The minimum absolute atomic E-state index is 0.120. The Morgan fingerprint density at radius 1 is 0.967 bits per heavy atom. The molecule has 2 N–H and O–H groups in total. The number of hydrogen-bond acceptors (Lipinski definition) is 5. The van der Waals surface area contributed by atoms with Crippen molar-refractivity contribution in [2.45, 2.75) is 18.9 Å². The second kappa shape index (κ2) is 9.28. The Kier molecular flexibility index (Phi) is 6.10. The van der Waals surface area contributed by atoms with Crippen molar-refractivity contribution in [2.75, 3.05) is 23.8 Å². The maximum atomic E-state index is 12.6. The maximum Gasteiger partial charge on any atom is 0.291 e. The van der Waals surface area contributed by atoms with Crippen molar-refractivity contribution in [3.8, 4) is 5.75 Å². The number of rotatable bonds is 7. The van der Waals surface area contributed by atoms with Gasteiger partial charge in [-0.1, -0.05) is 6.07 Å². The van der Waals surface area contributed by atoms with Crippen LogP contribution < -0.4 is 15.4 Å². The highest BCUT2D eigenvalue weighted by Crippen LogP contribution is 2.19. The molecule has 2 amide bonds. The van der Waals surface area contributed by atoms with Gasteiger partial charge in [0.05, 0.1) is 12.4 Å². The number of furan rings is 1. The molecule has 7 heteroatoms. The SMILES string of the molecule is O=C(Nc1ccc(NC(=O)c2ccco2)cc1)c1cccc(OCC2CCCO2)c1. The van der Waals surface area contributed by atoms with Crippen LogP contribution in [0.1, 0.15) is 33.8 Å². The van der Waals surface area contributed by atoms with E-state index in [-0.39, 0.29) is 23.7 Å². The number of carbonyl (C=O) groups is 2. The van der Waals surface area contributed by atoms with Crippen LogP contribution in [0.4, 0.5) is 11.4 Å². The average Bonchev–Trinajstić information content (AvgIpc) is 3.48. The van der Waals surface area contributed by atoms with E-state index in [9.17, 15) is 9.59 Å². The van der Waals surface area contributed by atoms with E-state index < -0.39 is 0 Å². The molecule has 3 aromatic rings. The van der Waals surface area contributed by atoms with E-state index in [1.807, 2.05) is 6.07 Å². The van der Waals surface area contributed by atoms with Crippen LogP contribution in [0.3, 0.4) is 0 Å². The molecule has 154 valence electrons. The maximum absolute atomic E-state index is 12.6. The van der Waals surface area contributed by atoms with E-state index in [4.69, 9.17) is 13.9 Å². The highest BCUT2D eigenvalue weighted by Gasteiger charge is 2.16. The van der Waals surface area contributed by atoms with Crippen LogP contribution in [-0.2, 0) is 4.74 Å². The zero-order chi connectivity index (χ0) is 20.8. The van der Waals surface area contributed by atoms with Gasteiger partial charge in [0.1, 0.15) is 12.4 Å². The van der Waals surface area contributed by atoms with E-state index in [1.165, 1.54) is 6.26 Å². The summed E-state index contributed by atoms with van der Waals surface area (Å²) >= 11 is 0. The summed E-state index contributed by atoms with van der Waals surface area (Å²) in [5, 5.41) is 5.57. The zero-order valence-electron chi connectivity index (χ0n) is 16.3. The fourth-order valence-electron chi connectivity index (χ4n) is 3.13. The van der Waals surface area contributed by atoms with Crippen LogP contribution in [0.15, 0.2) is 71.3 Å². The number of carbonyl (C=O) groups excluding carboxylic acids is 2. The first-order valence-electron chi connectivity index (χ1n) is 9.78. The Morgan fingerprint density at radius 3 is 2.40 bits per heavy atom. The molecule has 4 rings (SSSR count). The van der Waals surface area contributed by atoms with Crippen molar-refractivity contribution in [1.29, 1.82) is 0 Å². The normalized spacial score (nSPS) is 15.5. The molecular weight excluding hydrogens is 384 g/mol. The fourth-order valence-corrected chi connectivity index (χ4v) is 3.13. The van der Waals surface area contributed by atoms with Crippen LogP contribution >= 0.6 is 0 Å². The molecule has 1 saturated heterocycles. The van der Waals surface area contributed by atoms with Crippen molar-refractivity contribution in [3.05, 3.63) is 78.3 Å². The summed E-state index contributed by atoms with van der Waals surface area (Å²) < 4.78 is 16.4. The lowest BCUT2D eigenvalue weighted by atomic mass is 10.2. The van der Waals surface area contributed by atoms with Crippen molar-refractivity contribution in [3.63, 3.8) is 0 Å². The van der Waals surface area contributed by atoms with Crippen LogP contribution in [0, 0.1) is 0 Å². The number of benzene rings is 2. The van der Waals surface area contributed by atoms with Gasteiger partial charge in [0, 0.05) is 23.5 Å². The average molecular weight is 406 g/mol. The van der Waals surface area contributed by atoms with Gasteiger partial charge in [0.2, 0.25) is 0 Å². The molecule has 1 aromatic heterocycles. The monoisotopic (exact) mass is 406 g/mol. The predicted octanol–water partition coefficient (Wildman–Crippen LogP) is 4.34. The summed E-state index contributed by atoms with van der Waals surface area (Å²) in [6.07, 6.45) is 3.62. The Hall–Kier alpha value is -3.58. The number of nitrogens with one attached hydrogen (secondary N) is 2. The molecule has 1 aliphatic rings. The van der Waals surface area contributed by atoms with E-state index >= 15 is 0 Å². The van der Waals surface area contributed by atoms with Crippen LogP contribution in [0.25, 0.3) is 0 Å². The minimum Gasteiger partial charge on any atom is -0.491 e. The Labute approximate surface area is 174 Å². The molecule has 30 heavy (non-hydrogen) atoms. The highest BCUT2D eigenvalue weighted by atomic mass is 16.5. The molecule has 0 radical (unpaired) electrons. The van der Waals surface area contributed by atoms with Gasteiger partial charge in [-0.25, -0.2) is 0 Å². The van der Waals surface area contributed by atoms with Gasteiger partial charge in [-0.15, -0.1) is 0 Å². The standard InChI is InChI=1S/C23H22N2O5/c26-22(16-4-1-5-19(14-16)30-15-20-6-2-12-28-20)24-17-8-10-18(11-9-17)25-23(27)21-7-3-13-29-21/h1,3-5,7-11,13-14,20H,2,6,12,15H2,(H,24,26)(H,25,27). The number of amides is 2. The lowest BCUT2D eigenvalue weighted by molar-refractivity contribution is 0.0679. The number of hydrogen-bond donors (Lipinski definition) is 2. The van der Waals surface area contributed by atoms with Gasteiger partial charge in [-0.3, -0.25) is 9.59 Å². The predicted molar refractivity (Wildman–Crippen MR) is 112 cm³/mol. The van der Waals surface area contributed by atoms with Gasteiger partial charge in [0.15, 0.2) is 5.76 Å². The molecule has 2 aromatic carbocycles. The first kappa shape index (κ1) is 19.7. The zero-order valence-corrected chi connectivity index (χ0v) is 16.3. The second-order valence-electron chi connectivity index (χ2n) is 6.94. The minimum atomic E-state index is -0.336. The summed E-state index contributed by atoms with van der Waals surface area (Å²) in [5.74, 6) is 0.282. The van der Waals surface area contributed by atoms with Crippen molar-refractivity contribution >= 4 is 23.2 Å². The molecule has 7 nitrogen and oxygen atoms in total. The topological polar surface area (TPSA) is 89.8 Å². The molecule has 1 fully saturated rings. The Balaban J connectivity index is 1.33. The van der Waals surface area contributed by atoms with E-state index in [0.29, 0.717) is 29.3 Å². The van der Waals surface area contributed by atoms with Gasteiger partial charge in [-0.05, 0) is 67.4 Å². The third kappa shape index (κ3) is 5.07.